The van der Waals surface area contributed by atoms with E-state index in [1.165, 1.54) is 24.3 Å². The Morgan fingerprint density at radius 1 is 1.04 bits per heavy atom. The molecule has 0 bridgehead atoms. The van der Waals surface area contributed by atoms with Gasteiger partial charge in [0.15, 0.2) is 11.5 Å². The molecule has 3 rings (SSSR count). The first-order chi connectivity index (χ1) is 12.0. The predicted octanol–water partition coefficient (Wildman–Crippen LogP) is 2.05. The van der Waals surface area contributed by atoms with Gasteiger partial charge >= 0.3 is 0 Å². The molecule has 2 amide bonds. The zero-order chi connectivity index (χ0) is 18.0. The second-order valence-corrected chi connectivity index (χ2v) is 5.30. The third-order valence-corrected chi connectivity index (χ3v) is 3.66. The van der Waals surface area contributed by atoms with E-state index in [4.69, 9.17) is 21.1 Å². The lowest BCUT2D eigenvalue weighted by atomic mass is 10.2. The van der Waals surface area contributed by atoms with Gasteiger partial charge < -0.3 is 9.47 Å². The zero-order valence-corrected chi connectivity index (χ0v) is 13.2. The molecule has 128 valence electrons. The number of amides is 2. The zero-order valence-electron chi connectivity index (χ0n) is 12.4. The van der Waals surface area contributed by atoms with Crippen LogP contribution >= 0.6 is 11.6 Å². The molecule has 0 fully saturated rings. The number of nitro benzene ring substituents is 1. The van der Waals surface area contributed by atoms with E-state index in [0.29, 0.717) is 11.5 Å². The standard InChI is InChI=1S/C15H10ClN3O6/c16-11-3-2-9(19(22)23)6-10(11)15(21)18-17-14(20)8-1-4-12-13(5-8)25-7-24-12/h1-6H,7H2,(H,17,20)(H,18,21). The van der Waals surface area contributed by atoms with Gasteiger partial charge in [-0.15, -0.1) is 0 Å². The maximum absolute atomic E-state index is 12.1. The highest BCUT2D eigenvalue weighted by Gasteiger charge is 2.18. The number of ether oxygens (including phenoxy) is 2. The molecule has 10 heteroatoms. The fraction of sp³-hybridized carbons (Fsp3) is 0.0667. The number of halogens is 1. The Labute approximate surface area is 145 Å². The number of hydrogen-bond acceptors (Lipinski definition) is 6. The molecule has 2 aromatic rings. The number of hydrazine groups is 1. The van der Waals surface area contributed by atoms with Crippen LogP contribution in [0.25, 0.3) is 0 Å². The fourth-order valence-electron chi connectivity index (χ4n) is 2.09. The summed E-state index contributed by atoms with van der Waals surface area (Å²) in [6, 6.07) is 7.94. The highest BCUT2D eigenvalue weighted by molar-refractivity contribution is 6.34. The monoisotopic (exact) mass is 363 g/mol. The normalized spacial score (nSPS) is 11.7. The lowest BCUT2D eigenvalue weighted by molar-refractivity contribution is -0.384. The summed E-state index contributed by atoms with van der Waals surface area (Å²) in [5, 5.41) is 10.8. The number of nitro groups is 1. The molecule has 25 heavy (non-hydrogen) atoms. The van der Waals surface area contributed by atoms with Crippen molar-refractivity contribution in [1.29, 1.82) is 0 Å². The molecule has 1 heterocycles. The number of fused-ring (bicyclic) bond motifs is 1. The van der Waals surface area contributed by atoms with Crippen molar-refractivity contribution >= 4 is 29.1 Å². The van der Waals surface area contributed by atoms with Crippen molar-refractivity contribution in [3.63, 3.8) is 0 Å². The Bertz CT molecular complexity index is 886. The van der Waals surface area contributed by atoms with E-state index >= 15 is 0 Å². The fourth-order valence-corrected chi connectivity index (χ4v) is 2.30. The minimum absolute atomic E-state index is 0.0143. The van der Waals surface area contributed by atoms with E-state index in [1.807, 2.05) is 0 Å². The summed E-state index contributed by atoms with van der Waals surface area (Å²) in [4.78, 5) is 34.3. The minimum atomic E-state index is -0.789. The molecule has 9 nitrogen and oxygen atoms in total. The van der Waals surface area contributed by atoms with Crippen LogP contribution < -0.4 is 20.3 Å². The van der Waals surface area contributed by atoms with Gasteiger partial charge in [0.25, 0.3) is 17.5 Å². The average Bonchev–Trinajstić information content (AvgIpc) is 3.07. The number of nitrogens with one attached hydrogen (secondary N) is 2. The number of carbonyl (C=O) groups excluding carboxylic acids is 2. The first kappa shape index (κ1) is 16.5. The highest BCUT2D eigenvalue weighted by atomic mass is 35.5. The topological polar surface area (TPSA) is 120 Å². The summed E-state index contributed by atoms with van der Waals surface area (Å²) in [6.07, 6.45) is 0. The lowest BCUT2D eigenvalue weighted by Gasteiger charge is -2.09. The largest absolute Gasteiger partial charge is 0.454 e. The van der Waals surface area contributed by atoms with Crippen molar-refractivity contribution < 1.29 is 24.0 Å². The highest BCUT2D eigenvalue weighted by Crippen LogP contribution is 2.32. The third kappa shape index (κ3) is 3.45. The summed E-state index contributed by atoms with van der Waals surface area (Å²) < 4.78 is 10.3. The molecule has 2 aromatic carbocycles. The Morgan fingerprint density at radius 2 is 1.76 bits per heavy atom. The Hall–Kier alpha value is -3.33. The second kappa shape index (κ2) is 6.65. The molecular formula is C15H10ClN3O6. The summed E-state index contributed by atoms with van der Waals surface area (Å²) in [7, 11) is 0. The third-order valence-electron chi connectivity index (χ3n) is 3.33. The molecule has 0 saturated heterocycles. The van der Waals surface area contributed by atoms with Crippen LogP contribution in [0.2, 0.25) is 5.02 Å². The predicted molar refractivity (Wildman–Crippen MR) is 85.6 cm³/mol. The number of non-ortho nitro benzene ring substituents is 1. The number of carbonyl (C=O) groups is 2. The molecule has 0 aromatic heterocycles. The van der Waals surface area contributed by atoms with Gasteiger partial charge in [0.05, 0.1) is 15.5 Å². The van der Waals surface area contributed by atoms with E-state index in [0.717, 1.165) is 6.07 Å². The van der Waals surface area contributed by atoms with Gasteiger partial charge in [-0.05, 0) is 24.3 Å². The SMILES string of the molecule is O=C(NNC(=O)c1cc([N+](=O)[O-])ccc1Cl)c1ccc2c(c1)OCO2. The van der Waals surface area contributed by atoms with Crippen molar-refractivity contribution in [3.05, 3.63) is 62.7 Å². The van der Waals surface area contributed by atoms with Crippen LogP contribution in [0.5, 0.6) is 11.5 Å². The van der Waals surface area contributed by atoms with E-state index in [-0.39, 0.29) is 28.6 Å². The Kier molecular flexibility index (Phi) is 4.40. The van der Waals surface area contributed by atoms with E-state index in [9.17, 15) is 19.7 Å². The first-order valence-corrected chi connectivity index (χ1v) is 7.28. The first-order valence-electron chi connectivity index (χ1n) is 6.90. The van der Waals surface area contributed by atoms with Gasteiger partial charge in [0, 0.05) is 17.7 Å². The van der Waals surface area contributed by atoms with Gasteiger partial charge in [0.2, 0.25) is 6.79 Å². The molecule has 2 N–H and O–H groups in total. The maximum Gasteiger partial charge on any atom is 0.271 e. The summed E-state index contributed by atoms with van der Waals surface area (Å²) in [6.45, 7) is 0.0719. The summed E-state index contributed by atoms with van der Waals surface area (Å²) >= 11 is 5.87. The van der Waals surface area contributed by atoms with Crippen molar-refractivity contribution in [1.82, 2.24) is 10.9 Å². The maximum atomic E-state index is 12.1. The molecule has 0 aliphatic carbocycles. The van der Waals surface area contributed by atoms with Crippen LogP contribution in [-0.2, 0) is 0 Å². The molecule has 0 radical (unpaired) electrons. The number of nitrogens with zero attached hydrogens (tertiary/aromatic N) is 1. The van der Waals surface area contributed by atoms with Crippen molar-refractivity contribution in [3.8, 4) is 11.5 Å². The van der Waals surface area contributed by atoms with Crippen LogP contribution in [-0.4, -0.2) is 23.5 Å². The van der Waals surface area contributed by atoms with Gasteiger partial charge in [-0.2, -0.15) is 0 Å². The minimum Gasteiger partial charge on any atom is -0.454 e. The van der Waals surface area contributed by atoms with Gasteiger partial charge in [-0.3, -0.25) is 30.6 Å². The van der Waals surface area contributed by atoms with Crippen LogP contribution in [0.15, 0.2) is 36.4 Å². The molecular weight excluding hydrogens is 354 g/mol. The lowest BCUT2D eigenvalue weighted by Crippen LogP contribution is -2.41. The molecule has 0 unspecified atom stereocenters. The summed E-state index contributed by atoms with van der Waals surface area (Å²) in [5.41, 5.74) is 4.15. The van der Waals surface area contributed by atoms with Crippen LogP contribution in [0.4, 0.5) is 5.69 Å². The Morgan fingerprint density at radius 3 is 2.52 bits per heavy atom. The molecule has 0 saturated carbocycles. The van der Waals surface area contributed by atoms with Gasteiger partial charge in [0.1, 0.15) is 0 Å². The van der Waals surface area contributed by atoms with E-state index in [1.54, 1.807) is 6.07 Å². The van der Waals surface area contributed by atoms with Crippen LogP contribution in [0.3, 0.4) is 0 Å². The van der Waals surface area contributed by atoms with Crippen LogP contribution in [0.1, 0.15) is 20.7 Å². The van der Waals surface area contributed by atoms with Crippen molar-refractivity contribution in [2.24, 2.45) is 0 Å². The Balaban J connectivity index is 1.69. The quantitative estimate of drug-likeness (QED) is 0.636. The molecule has 1 aliphatic rings. The molecule has 0 atom stereocenters. The number of benzene rings is 2. The number of hydrogen-bond donors (Lipinski definition) is 2. The van der Waals surface area contributed by atoms with E-state index in [2.05, 4.69) is 10.9 Å². The summed E-state index contributed by atoms with van der Waals surface area (Å²) in [5.74, 6) is -0.458. The van der Waals surface area contributed by atoms with Crippen LogP contribution in [0, 0.1) is 10.1 Å². The van der Waals surface area contributed by atoms with E-state index < -0.39 is 16.7 Å². The smallest absolute Gasteiger partial charge is 0.271 e. The second-order valence-electron chi connectivity index (χ2n) is 4.90. The molecule has 1 aliphatic heterocycles. The van der Waals surface area contributed by atoms with Crippen molar-refractivity contribution in [2.45, 2.75) is 0 Å². The molecule has 0 spiro atoms. The average molecular weight is 364 g/mol. The van der Waals surface area contributed by atoms with Gasteiger partial charge in [-0.1, -0.05) is 11.6 Å². The number of rotatable bonds is 3. The van der Waals surface area contributed by atoms with Gasteiger partial charge in [-0.25, -0.2) is 0 Å². The van der Waals surface area contributed by atoms with Crippen molar-refractivity contribution in [2.75, 3.05) is 6.79 Å².